The summed E-state index contributed by atoms with van der Waals surface area (Å²) < 4.78 is 13.6. The van der Waals surface area contributed by atoms with Crippen LogP contribution in [0, 0.1) is 5.82 Å². The van der Waals surface area contributed by atoms with Crippen molar-refractivity contribution in [2.24, 2.45) is 0 Å². The fourth-order valence-electron chi connectivity index (χ4n) is 1.51. The van der Waals surface area contributed by atoms with E-state index in [-0.39, 0.29) is 15.7 Å². The van der Waals surface area contributed by atoms with Crippen LogP contribution in [0.5, 0.6) is 0 Å². The molecule has 0 atom stereocenters. The summed E-state index contributed by atoms with van der Waals surface area (Å²) in [6.07, 6.45) is 0. The number of hydrogen-bond acceptors (Lipinski definition) is 1. The van der Waals surface area contributed by atoms with Crippen LogP contribution in [0.3, 0.4) is 0 Å². The molecule has 0 heterocycles. The quantitative estimate of drug-likeness (QED) is 0.682. The summed E-state index contributed by atoms with van der Waals surface area (Å²) in [5.74, 6) is -1.04. The second-order valence-electron chi connectivity index (χ2n) is 3.82. The van der Waals surface area contributed by atoms with Gasteiger partial charge in [-0.25, -0.2) is 4.39 Å². The predicted octanol–water partition coefficient (Wildman–Crippen LogP) is 5.80. The molecule has 20 heavy (non-hydrogen) atoms. The van der Waals surface area contributed by atoms with Gasteiger partial charge in [0.2, 0.25) is 0 Å². The largest absolute Gasteiger partial charge is 0.319 e. The van der Waals surface area contributed by atoms with Gasteiger partial charge in [0.15, 0.2) is 0 Å². The summed E-state index contributed by atoms with van der Waals surface area (Å²) in [5, 5.41) is 2.97. The van der Waals surface area contributed by atoms with Crippen LogP contribution >= 0.6 is 50.7 Å². The summed E-state index contributed by atoms with van der Waals surface area (Å²) in [5.41, 5.74) is 0.459. The van der Waals surface area contributed by atoms with Crippen LogP contribution in [0.25, 0.3) is 0 Å². The van der Waals surface area contributed by atoms with Gasteiger partial charge < -0.3 is 5.32 Å². The fourth-order valence-corrected chi connectivity index (χ4v) is 2.67. The lowest BCUT2D eigenvalue weighted by molar-refractivity contribution is 0.102. The van der Waals surface area contributed by atoms with E-state index in [4.69, 9.17) is 34.8 Å². The number of carbonyl (C=O) groups excluding carboxylic acids is 1. The Morgan fingerprint density at radius 2 is 1.70 bits per heavy atom. The van der Waals surface area contributed by atoms with Gasteiger partial charge in [-0.1, -0.05) is 34.8 Å². The van der Waals surface area contributed by atoms with Gasteiger partial charge in [-0.15, -0.1) is 0 Å². The zero-order valence-corrected chi connectivity index (χ0v) is 13.5. The van der Waals surface area contributed by atoms with E-state index >= 15 is 0 Å². The van der Waals surface area contributed by atoms with E-state index in [1.165, 1.54) is 6.07 Å². The number of rotatable bonds is 2. The minimum absolute atomic E-state index is 0.0153. The van der Waals surface area contributed by atoms with Crippen LogP contribution in [0.1, 0.15) is 10.4 Å². The van der Waals surface area contributed by atoms with E-state index in [2.05, 4.69) is 21.2 Å². The topological polar surface area (TPSA) is 29.1 Å². The number of carbonyl (C=O) groups is 1. The Bertz CT molecular complexity index is 670. The normalized spacial score (nSPS) is 10.4. The lowest BCUT2D eigenvalue weighted by Gasteiger charge is -2.10. The van der Waals surface area contributed by atoms with E-state index < -0.39 is 11.7 Å². The molecule has 0 aliphatic rings. The second-order valence-corrected chi connectivity index (χ2v) is 5.93. The maximum Gasteiger partial charge on any atom is 0.256 e. The van der Waals surface area contributed by atoms with Gasteiger partial charge in [0.1, 0.15) is 5.82 Å². The standard InChI is InChI=1S/C13H6BrCl3FNO/c14-9-2-1-6(15)3-8(9)13(20)19-12-10(16)4-7(18)5-11(12)17/h1-5H,(H,19,20). The Kier molecular flexibility index (Phi) is 4.91. The molecule has 0 saturated heterocycles. The van der Waals surface area contributed by atoms with Crippen LogP contribution in [0.2, 0.25) is 15.1 Å². The average Bonchev–Trinajstić information content (AvgIpc) is 2.36. The van der Waals surface area contributed by atoms with Crippen molar-refractivity contribution in [3.05, 3.63) is 61.3 Å². The Morgan fingerprint density at radius 1 is 1.10 bits per heavy atom. The molecular formula is C13H6BrCl3FNO. The van der Waals surface area contributed by atoms with Gasteiger partial charge in [-0.05, 0) is 46.3 Å². The van der Waals surface area contributed by atoms with Crippen LogP contribution in [0.4, 0.5) is 10.1 Å². The molecule has 2 aromatic rings. The summed E-state index contributed by atoms with van der Waals surface area (Å²) >= 11 is 20.8. The molecule has 1 amide bonds. The molecule has 2 aromatic carbocycles. The Labute approximate surface area is 138 Å². The lowest BCUT2D eigenvalue weighted by Crippen LogP contribution is -2.13. The number of nitrogens with one attached hydrogen (secondary N) is 1. The smallest absolute Gasteiger partial charge is 0.256 e. The van der Waals surface area contributed by atoms with Crippen LogP contribution in [0.15, 0.2) is 34.8 Å². The van der Waals surface area contributed by atoms with Crippen molar-refractivity contribution < 1.29 is 9.18 Å². The van der Waals surface area contributed by atoms with Crippen molar-refractivity contribution in [2.45, 2.75) is 0 Å². The van der Waals surface area contributed by atoms with Gasteiger partial charge in [0.05, 0.1) is 21.3 Å². The van der Waals surface area contributed by atoms with Crippen molar-refractivity contribution in [1.82, 2.24) is 0 Å². The summed E-state index contributed by atoms with van der Waals surface area (Å²) in [6, 6.07) is 6.91. The molecule has 0 saturated carbocycles. The number of anilines is 1. The minimum atomic E-state index is -0.582. The van der Waals surface area contributed by atoms with Crippen LogP contribution < -0.4 is 5.32 Å². The van der Waals surface area contributed by atoms with E-state index in [0.29, 0.717) is 15.1 Å². The SMILES string of the molecule is O=C(Nc1c(Cl)cc(F)cc1Cl)c1cc(Cl)ccc1Br. The van der Waals surface area contributed by atoms with E-state index in [9.17, 15) is 9.18 Å². The van der Waals surface area contributed by atoms with Gasteiger partial charge in [0.25, 0.3) is 5.91 Å². The minimum Gasteiger partial charge on any atom is -0.319 e. The monoisotopic (exact) mass is 395 g/mol. The molecule has 1 N–H and O–H groups in total. The molecule has 0 unspecified atom stereocenters. The van der Waals surface area contributed by atoms with E-state index in [1.807, 2.05) is 0 Å². The molecule has 0 aliphatic heterocycles. The van der Waals surface area contributed by atoms with Gasteiger partial charge in [-0.2, -0.15) is 0 Å². The molecule has 7 heteroatoms. The van der Waals surface area contributed by atoms with E-state index in [1.54, 1.807) is 12.1 Å². The summed E-state index contributed by atoms with van der Waals surface area (Å²) in [6.45, 7) is 0. The first-order valence-electron chi connectivity index (χ1n) is 5.29. The Balaban J connectivity index is 2.35. The predicted molar refractivity (Wildman–Crippen MR) is 83.5 cm³/mol. The summed E-state index contributed by atoms with van der Waals surface area (Å²) in [7, 11) is 0. The zero-order chi connectivity index (χ0) is 14.9. The third-order valence-corrected chi connectivity index (χ3v) is 3.94. The number of halogens is 5. The van der Waals surface area contributed by atoms with Crippen molar-refractivity contribution in [2.75, 3.05) is 5.32 Å². The first kappa shape index (κ1) is 15.6. The first-order valence-corrected chi connectivity index (χ1v) is 7.22. The molecule has 2 nitrogen and oxygen atoms in total. The zero-order valence-electron chi connectivity index (χ0n) is 9.68. The number of benzene rings is 2. The van der Waals surface area contributed by atoms with Gasteiger partial charge in [0, 0.05) is 9.50 Å². The van der Waals surface area contributed by atoms with Crippen LogP contribution in [-0.2, 0) is 0 Å². The molecule has 104 valence electrons. The summed E-state index contributed by atoms with van der Waals surface area (Å²) in [4.78, 5) is 12.2. The lowest BCUT2D eigenvalue weighted by atomic mass is 10.2. The Hall–Kier alpha value is -0.810. The number of amides is 1. The van der Waals surface area contributed by atoms with Gasteiger partial charge >= 0.3 is 0 Å². The van der Waals surface area contributed by atoms with Gasteiger partial charge in [-0.3, -0.25) is 4.79 Å². The highest BCUT2D eigenvalue weighted by molar-refractivity contribution is 9.10. The fraction of sp³-hybridized carbons (Fsp3) is 0. The molecular weight excluding hydrogens is 391 g/mol. The molecule has 0 spiro atoms. The molecule has 0 fully saturated rings. The maximum atomic E-state index is 13.1. The Morgan fingerprint density at radius 3 is 2.30 bits per heavy atom. The molecule has 0 aromatic heterocycles. The second kappa shape index (κ2) is 6.31. The highest BCUT2D eigenvalue weighted by Gasteiger charge is 2.15. The third-order valence-electron chi connectivity index (χ3n) is 2.42. The van der Waals surface area contributed by atoms with Crippen molar-refractivity contribution in [1.29, 1.82) is 0 Å². The molecule has 0 bridgehead atoms. The molecule has 2 rings (SSSR count). The maximum absolute atomic E-state index is 13.1. The highest BCUT2D eigenvalue weighted by Crippen LogP contribution is 2.32. The number of hydrogen-bond donors (Lipinski definition) is 1. The third kappa shape index (κ3) is 3.44. The van der Waals surface area contributed by atoms with Crippen molar-refractivity contribution >= 4 is 62.3 Å². The van der Waals surface area contributed by atoms with E-state index in [0.717, 1.165) is 12.1 Å². The average molecular weight is 397 g/mol. The van der Waals surface area contributed by atoms with Crippen molar-refractivity contribution in [3.63, 3.8) is 0 Å². The first-order chi connectivity index (χ1) is 9.38. The molecule has 0 radical (unpaired) electrons. The van der Waals surface area contributed by atoms with Crippen LogP contribution in [-0.4, -0.2) is 5.91 Å². The van der Waals surface area contributed by atoms with Crippen molar-refractivity contribution in [3.8, 4) is 0 Å². The molecule has 0 aliphatic carbocycles. The highest BCUT2D eigenvalue weighted by atomic mass is 79.9.